The largest absolute Gasteiger partial charge is 0.335 e. The van der Waals surface area contributed by atoms with E-state index in [0.717, 1.165) is 40.2 Å². The zero-order valence-electron chi connectivity index (χ0n) is 17.1. The van der Waals surface area contributed by atoms with Crippen molar-refractivity contribution < 1.29 is 4.79 Å². The van der Waals surface area contributed by atoms with Gasteiger partial charge in [-0.2, -0.15) is 0 Å². The number of nitrogens with one attached hydrogen (secondary N) is 1. The molecule has 0 aliphatic heterocycles. The van der Waals surface area contributed by atoms with Crippen molar-refractivity contribution in [2.45, 2.75) is 39.8 Å². The number of nitrogens with zero attached hydrogens (tertiary/aromatic N) is 3. The number of aromatic nitrogens is 3. The van der Waals surface area contributed by atoms with Crippen LogP contribution >= 0.6 is 0 Å². The molecule has 29 heavy (non-hydrogen) atoms. The quantitative estimate of drug-likeness (QED) is 0.509. The second-order valence-corrected chi connectivity index (χ2v) is 7.75. The van der Waals surface area contributed by atoms with Gasteiger partial charge in [0.1, 0.15) is 12.4 Å². The second-order valence-electron chi connectivity index (χ2n) is 7.75. The predicted molar refractivity (Wildman–Crippen MR) is 117 cm³/mol. The third-order valence-corrected chi connectivity index (χ3v) is 5.15. The van der Waals surface area contributed by atoms with Gasteiger partial charge in [-0.25, -0.2) is 4.98 Å². The van der Waals surface area contributed by atoms with Crippen LogP contribution in [0.2, 0.25) is 0 Å². The summed E-state index contributed by atoms with van der Waals surface area (Å²) in [6.45, 7) is 7.34. The van der Waals surface area contributed by atoms with Crippen LogP contribution in [0.1, 0.15) is 36.8 Å². The van der Waals surface area contributed by atoms with E-state index in [1.165, 1.54) is 0 Å². The summed E-state index contributed by atoms with van der Waals surface area (Å²) in [5.74, 6) is 1.40. The number of aryl methyl sites for hydroxylation is 1. The molecule has 0 saturated heterocycles. The number of fused-ring (bicyclic) bond motifs is 1. The summed E-state index contributed by atoms with van der Waals surface area (Å²) in [5, 5.41) is 4.20. The zero-order valence-corrected chi connectivity index (χ0v) is 17.1. The number of rotatable bonds is 6. The van der Waals surface area contributed by atoms with Crippen molar-refractivity contribution >= 4 is 22.5 Å². The van der Waals surface area contributed by atoms with Gasteiger partial charge in [0.05, 0.1) is 0 Å². The first-order chi connectivity index (χ1) is 14.0. The Labute approximate surface area is 171 Å². The molecule has 148 valence electrons. The van der Waals surface area contributed by atoms with Crippen LogP contribution in [0.3, 0.4) is 0 Å². The van der Waals surface area contributed by atoms with E-state index in [9.17, 15) is 4.79 Å². The number of amides is 1. The minimum atomic E-state index is -0.0305. The minimum absolute atomic E-state index is 0.0305. The minimum Gasteiger partial charge on any atom is -0.335 e. The summed E-state index contributed by atoms with van der Waals surface area (Å²) in [7, 11) is 0. The first-order valence-electron chi connectivity index (χ1n) is 9.96. The number of benzene rings is 2. The third kappa shape index (κ3) is 4.09. The monoisotopic (exact) mass is 386 g/mol. The van der Waals surface area contributed by atoms with Crippen LogP contribution in [-0.4, -0.2) is 20.0 Å². The average Bonchev–Trinajstić information content (AvgIpc) is 3.27. The Hall–Kier alpha value is -3.34. The highest BCUT2D eigenvalue weighted by Gasteiger charge is 2.11. The summed E-state index contributed by atoms with van der Waals surface area (Å²) in [6, 6.07) is 18.3. The highest BCUT2D eigenvalue weighted by atomic mass is 16.1. The van der Waals surface area contributed by atoms with Gasteiger partial charge < -0.3 is 14.5 Å². The molecular formula is C24H26N4O. The molecule has 0 unspecified atom stereocenters. The molecule has 4 rings (SSSR count). The van der Waals surface area contributed by atoms with E-state index in [1.54, 1.807) is 0 Å². The van der Waals surface area contributed by atoms with Gasteiger partial charge >= 0.3 is 0 Å². The topological polar surface area (TPSA) is 51.9 Å². The molecule has 1 amide bonds. The van der Waals surface area contributed by atoms with E-state index in [1.807, 2.05) is 55.7 Å². The molecule has 2 heterocycles. The van der Waals surface area contributed by atoms with Gasteiger partial charge in [0.25, 0.3) is 0 Å². The molecule has 2 aromatic heterocycles. The lowest BCUT2D eigenvalue weighted by Crippen LogP contribution is -2.19. The molecule has 0 radical (unpaired) electrons. The van der Waals surface area contributed by atoms with Crippen molar-refractivity contribution in [2.24, 2.45) is 0 Å². The molecule has 5 heteroatoms. The first-order valence-corrected chi connectivity index (χ1v) is 9.96. The highest BCUT2D eigenvalue weighted by molar-refractivity contribution is 5.92. The molecule has 2 aromatic carbocycles. The van der Waals surface area contributed by atoms with Crippen molar-refractivity contribution in [3.05, 3.63) is 84.1 Å². The molecule has 0 bridgehead atoms. The van der Waals surface area contributed by atoms with E-state index >= 15 is 0 Å². The van der Waals surface area contributed by atoms with Crippen molar-refractivity contribution in [1.29, 1.82) is 0 Å². The predicted octanol–water partition coefficient (Wildman–Crippen LogP) is 4.96. The maximum atomic E-state index is 12.7. The van der Waals surface area contributed by atoms with Gasteiger partial charge in [0.15, 0.2) is 0 Å². The van der Waals surface area contributed by atoms with E-state index in [4.69, 9.17) is 0 Å². The molecule has 0 spiro atoms. The standard InChI is InChI=1S/C24H26N4O/c1-17(2)24-25-11-12-27(24)15-19-7-6-9-21(14-19)26-23(29)16-28-18(3)13-20-8-4-5-10-22(20)28/h4-14,17H,15-16H2,1-3H3,(H,26,29). The summed E-state index contributed by atoms with van der Waals surface area (Å²) in [5.41, 5.74) is 4.10. The van der Waals surface area contributed by atoms with Crippen molar-refractivity contribution in [3.8, 4) is 0 Å². The Morgan fingerprint density at radius 3 is 2.76 bits per heavy atom. The fourth-order valence-electron chi connectivity index (χ4n) is 3.80. The molecule has 5 nitrogen and oxygen atoms in total. The molecule has 0 fully saturated rings. The number of para-hydroxylation sites is 1. The van der Waals surface area contributed by atoms with Crippen LogP contribution in [0.4, 0.5) is 5.69 Å². The lowest BCUT2D eigenvalue weighted by Gasteiger charge is -2.13. The van der Waals surface area contributed by atoms with E-state index in [-0.39, 0.29) is 5.91 Å². The molecular weight excluding hydrogens is 360 g/mol. The number of hydrogen-bond donors (Lipinski definition) is 1. The molecule has 0 saturated carbocycles. The Morgan fingerprint density at radius 1 is 1.10 bits per heavy atom. The van der Waals surface area contributed by atoms with Gasteiger partial charge in [-0.3, -0.25) is 4.79 Å². The SMILES string of the molecule is Cc1cc2ccccc2n1CC(=O)Nc1cccc(Cn2ccnc2C(C)C)c1. The molecule has 1 N–H and O–H groups in total. The fraction of sp³-hybridized carbons (Fsp3) is 0.250. The van der Waals surface area contributed by atoms with E-state index in [0.29, 0.717) is 12.5 Å². The number of carbonyl (C=O) groups is 1. The first kappa shape index (κ1) is 19.0. The lowest BCUT2D eigenvalue weighted by molar-refractivity contribution is -0.116. The normalized spacial score (nSPS) is 11.3. The fourth-order valence-corrected chi connectivity index (χ4v) is 3.80. The van der Waals surface area contributed by atoms with Gasteiger partial charge in [-0.05, 0) is 42.1 Å². The van der Waals surface area contributed by atoms with E-state index < -0.39 is 0 Å². The Morgan fingerprint density at radius 2 is 1.93 bits per heavy atom. The van der Waals surface area contributed by atoms with Crippen molar-refractivity contribution in [1.82, 2.24) is 14.1 Å². The van der Waals surface area contributed by atoms with Gasteiger partial charge in [0, 0.05) is 41.8 Å². The van der Waals surface area contributed by atoms with Crippen LogP contribution in [-0.2, 0) is 17.9 Å². The highest BCUT2D eigenvalue weighted by Crippen LogP contribution is 2.20. The smallest absolute Gasteiger partial charge is 0.244 e. The number of carbonyl (C=O) groups excluding carboxylic acids is 1. The second kappa shape index (κ2) is 7.95. The molecule has 4 aromatic rings. The summed E-state index contributed by atoms with van der Waals surface area (Å²) in [4.78, 5) is 17.1. The number of anilines is 1. The molecule has 0 aliphatic carbocycles. The Kier molecular flexibility index (Phi) is 5.21. The van der Waals surface area contributed by atoms with Crippen LogP contribution in [0.15, 0.2) is 67.0 Å². The lowest BCUT2D eigenvalue weighted by atomic mass is 10.1. The van der Waals surface area contributed by atoms with Crippen LogP contribution in [0, 0.1) is 6.92 Å². The maximum Gasteiger partial charge on any atom is 0.244 e. The summed E-state index contributed by atoms with van der Waals surface area (Å²) in [6.07, 6.45) is 3.84. The summed E-state index contributed by atoms with van der Waals surface area (Å²) < 4.78 is 4.20. The Bertz CT molecular complexity index is 1150. The Balaban J connectivity index is 1.48. The average molecular weight is 386 g/mol. The zero-order chi connectivity index (χ0) is 20.4. The van der Waals surface area contributed by atoms with Gasteiger partial charge in [-0.1, -0.05) is 44.2 Å². The van der Waals surface area contributed by atoms with Crippen LogP contribution in [0.25, 0.3) is 10.9 Å². The van der Waals surface area contributed by atoms with Crippen LogP contribution < -0.4 is 5.32 Å². The van der Waals surface area contributed by atoms with E-state index in [2.05, 4.69) is 51.5 Å². The third-order valence-electron chi connectivity index (χ3n) is 5.15. The van der Waals surface area contributed by atoms with Crippen LogP contribution in [0.5, 0.6) is 0 Å². The summed E-state index contributed by atoms with van der Waals surface area (Å²) >= 11 is 0. The maximum absolute atomic E-state index is 12.7. The van der Waals surface area contributed by atoms with Crippen molar-refractivity contribution in [2.75, 3.05) is 5.32 Å². The molecule has 0 atom stereocenters. The van der Waals surface area contributed by atoms with Gasteiger partial charge in [-0.15, -0.1) is 0 Å². The number of hydrogen-bond acceptors (Lipinski definition) is 2. The number of imidazole rings is 1. The molecule has 0 aliphatic rings. The van der Waals surface area contributed by atoms with Gasteiger partial charge in [0.2, 0.25) is 5.91 Å². The van der Waals surface area contributed by atoms with Crippen molar-refractivity contribution in [3.63, 3.8) is 0 Å².